The van der Waals surface area contributed by atoms with Crippen LogP contribution in [-0.4, -0.2) is 33.5 Å². The van der Waals surface area contributed by atoms with Gasteiger partial charge in [0, 0.05) is 5.56 Å². The number of rotatable bonds is 6. The molecular formula is C25H19F3N4O4. The SMILES string of the molecule is CCC1=NN(c2ccc(C(F)(F)F)cc2)C(=O)/C1=N\Nc1cccc(-c2cccc(C(=O)O)c2)c1O. The lowest BCUT2D eigenvalue weighted by atomic mass is 10.0. The summed E-state index contributed by atoms with van der Waals surface area (Å²) in [6.07, 6.45) is -4.19. The van der Waals surface area contributed by atoms with Gasteiger partial charge in [-0.05, 0) is 54.4 Å². The number of alkyl halides is 3. The first-order valence-corrected chi connectivity index (χ1v) is 10.7. The average Bonchev–Trinajstić information content (AvgIpc) is 3.18. The van der Waals surface area contributed by atoms with Crippen molar-refractivity contribution in [1.82, 2.24) is 0 Å². The predicted molar refractivity (Wildman–Crippen MR) is 128 cm³/mol. The lowest BCUT2D eigenvalue weighted by molar-refractivity contribution is -0.137. The van der Waals surface area contributed by atoms with E-state index in [1.54, 1.807) is 31.2 Å². The number of phenols is 1. The summed E-state index contributed by atoms with van der Waals surface area (Å²) in [4.78, 5) is 24.2. The molecule has 0 aromatic heterocycles. The Bertz CT molecular complexity index is 1400. The number of halogens is 3. The van der Waals surface area contributed by atoms with Crippen molar-refractivity contribution in [2.75, 3.05) is 10.4 Å². The van der Waals surface area contributed by atoms with Crippen molar-refractivity contribution in [3.8, 4) is 16.9 Å². The fraction of sp³-hybridized carbons (Fsp3) is 0.120. The summed E-state index contributed by atoms with van der Waals surface area (Å²) in [5.74, 6) is -1.98. The van der Waals surface area contributed by atoms with Crippen LogP contribution in [0.1, 0.15) is 29.3 Å². The summed E-state index contributed by atoms with van der Waals surface area (Å²) < 4.78 is 38.6. The Hall–Kier alpha value is -4.67. The maximum absolute atomic E-state index is 13.0. The molecule has 0 saturated heterocycles. The van der Waals surface area contributed by atoms with E-state index in [9.17, 15) is 33.0 Å². The fourth-order valence-corrected chi connectivity index (χ4v) is 3.56. The molecule has 11 heteroatoms. The minimum Gasteiger partial charge on any atom is -0.505 e. The number of hydrazone groups is 2. The second-order valence-corrected chi connectivity index (χ2v) is 7.72. The number of aromatic carboxylic acids is 1. The molecule has 8 nitrogen and oxygen atoms in total. The first-order chi connectivity index (χ1) is 17.1. The number of benzene rings is 3. The molecule has 36 heavy (non-hydrogen) atoms. The zero-order valence-corrected chi connectivity index (χ0v) is 18.7. The van der Waals surface area contributed by atoms with Crippen LogP contribution in [0.2, 0.25) is 0 Å². The van der Waals surface area contributed by atoms with Crippen LogP contribution in [-0.2, 0) is 11.0 Å². The number of anilines is 2. The molecule has 0 unspecified atom stereocenters. The Labute approximate surface area is 203 Å². The Balaban J connectivity index is 1.60. The van der Waals surface area contributed by atoms with Gasteiger partial charge in [0.15, 0.2) is 5.71 Å². The number of carboxylic acid groups (broad SMARTS) is 1. The molecule has 0 atom stereocenters. The molecule has 184 valence electrons. The quantitative estimate of drug-likeness (QED) is 0.314. The zero-order valence-electron chi connectivity index (χ0n) is 18.7. The second kappa shape index (κ2) is 9.53. The van der Waals surface area contributed by atoms with Crippen molar-refractivity contribution in [3.05, 3.63) is 77.9 Å². The predicted octanol–water partition coefficient (Wildman–Crippen LogP) is 5.36. The monoisotopic (exact) mass is 496 g/mol. The number of hydrogen-bond acceptors (Lipinski definition) is 6. The zero-order chi connectivity index (χ0) is 26.0. The molecule has 0 radical (unpaired) electrons. The van der Waals surface area contributed by atoms with Crippen LogP contribution in [0.25, 0.3) is 11.1 Å². The fourth-order valence-electron chi connectivity index (χ4n) is 3.56. The van der Waals surface area contributed by atoms with Crippen LogP contribution >= 0.6 is 0 Å². The average molecular weight is 496 g/mol. The van der Waals surface area contributed by atoms with Crippen molar-refractivity contribution < 1.29 is 33.0 Å². The molecule has 0 aliphatic carbocycles. The molecule has 1 aliphatic rings. The summed E-state index contributed by atoms with van der Waals surface area (Å²) in [5.41, 5.74) is 3.19. The van der Waals surface area contributed by atoms with E-state index in [1.165, 1.54) is 18.2 Å². The number of carboxylic acids is 1. The van der Waals surface area contributed by atoms with E-state index in [2.05, 4.69) is 15.6 Å². The number of aromatic hydroxyl groups is 1. The van der Waals surface area contributed by atoms with Crippen LogP contribution in [0, 0.1) is 0 Å². The highest BCUT2D eigenvalue weighted by Crippen LogP contribution is 2.36. The van der Waals surface area contributed by atoms with E-state index >= 15 is 0 Å². The molecule has 1 amide bonds. The Kier molecular flexibility index (Phi) is 6.47. The maximum Gasteiger partial charge on any atom is 0.416 e. The molecule has 3 aromatic carbocycles. The molecule has 1 heterocycles. The van der Waals surface area contributed by atoms with Gasteiger partial charge in [0.05, 0.1) is 28.2 Å². The Morgan fingerprint density at radius 2 is 1.78 bits per heavy atom. The van der Waals surface area contributed by atoms with Crippen LogP contribution in [0.4, 0.5) is 24.5 Å². The molecule has 0 fully saturated rings. The van der Waals surface area contributed by atoms with E-state index in [1.807, 2.05) is 0 Å². The highest BCUT2D eigenvalue weighted by atomic mass is 19.4. The van der Waals surface area contributed by atoms with Crippen molar-refractivity contribution in [2.45, 2.75) is 19.5 Å². The summed E-state index contributed by atoms with van der Waals surface area (Å²) in [6.45, 7) is 1.74. The van der Waals surface area contributed by atoms with Crippen molar-refractivity contribution in [2.24, 2.45) is 10.2 Å². The largest absolute Gasteiger partial charge is 0.505 e. The normalized spacial score (nSPS) is 14.8. The van der Waals surface area contributed by atoms with E-state index in [0.29, 0.717) is 23.3 Å². The topological polar surface area (TPSA) is 115 Å². The van der Waals surface area contributed by atoms with E-state index in [0.717, 1.165) is 29.3 Å². The number of hydrogen-bond donors (Lipinski definition) is 3. The van der Waals surface area contributed by atoms with Crippen LogP contribution < -0.4 is 10.4 Å². The van der Waals surface area contributed by atoms with Gasteiger partial charge < -0.3 is 10.2 Å². The lowest BCUT2D eigenvalue weighted by Gasteiger charge is -2.13. The second-order valence-electron chi connectivity index (χ2n) is 7.72. The molecular weight excluding hydrogens is 477 g/mol. The number of para-hydroxylation sites is 1. The van der Waals surface area contributed by atoms with Crippen LogP contribution in [0.5, 0.6) is 5.75 Å². The smallest absolute Gasteiger partial charge is 0.416 e. The molecule has 3 aromatic rings. The van der Waals surface area contributed by atoms with Gasteiger partial charge in [-0.2, -0.15) is 28.4 Å². The molecule has 0 bridgehead atoms. The van der Waals surface area contributed by atoms with Crippen molar-refractivity contribution in [1.29, 1.82) is 0 Å². The summed E-state index contributed by atoms with van der Waals surface area (Å²) >= 11 is 0. The first-order valence-electron chi connectivity index (χ1n) is 10.7. The number of phenolic OH excluding ortho intramolecular Hbond substituents is 1. The van der Waals surface area contributed by atoms with Gasteiger partial charge in [0.25, 0.3) is 0 Å². The van der Waals surface area contributed by atoms with Gasteiger partial charge in [0.1, 0.15) is 5.75 Å². The summed E-state index contributed by atoms with van der Waals surface area (Å²) in [6, 6.07) is 14.8. The van der Waals surface area contributed by atoms with Crippen molar-refractivity contribution >= 4 is 34.7 Å². The number of nitrogens with zero attached hydrogens (tertiary/aromatic N) is 3. The summed E-state index contributed by atoms with van der Waals surface area (Å²) in [7, 11) is 0. The maximum atomic E-state index is 13.0. The van der Waals surface area contributed by atoms with Crippen LogP contribution in [0.15, 0.2) is 76.9 Å². The van der Waals surface area contributed by atoms with Crippen molar-refractivity contribution in [3.63, 3.8) is 0 Å². The third-order valence-corrected chi connectivity index (χ3v) is 5.41. The number of amides is 1. The van der Waals surface area contributed by atoms with E-state index in [4.69, 9.17) is 0 Å². The molecule has 1 aliphatic heterocycles. The van der Waals surface area contributed by atoms with Gasteiger partial charge >= 0.3 is 18.1 Å². The number of carbonyl (C=O) groups excluding carboxylic acids is 1. The van der Waals surface area contributed by atoms with Gasteiger partial charge in [-0.1, -0.05) is 31.2 Å². The highest BCUT2D eigenvalue weighted by molar-refractivity contribution is 6.71. The standard InChI is InChI=1S/C25H19F3N4O4/c1-2-19-21(23(34)32(31-19)17-11-9-16(10-12-17)25(26,27)28)30-29-20-8-4-7-18(22(20)33)14-5-3-6-15(13-14)24(35)36/h3-13,29,33H,2H2,1H3,(H,35,36)/b30-21-. The van der Waals surface area contributed by atoms with Crippen LogP contribution in [0.3, 0.4) is 0 Å². The minimum atomic E-state index is -4.51. The van der Waals surface area contributed by atoms with E-state index in [-0.39, 0.29) is 28.4 Å². The Morgan fingerprint density at radius 1 is 1.08 bits per heavy atom. The summed E-state index contributed by atoms with van der Waals surface area (Å²) in [5, 5.41) is 29.2. The third kappa shape index (κ3) is 4.76. The number of nitrogens with one attached hydrogen (secondary N) is 1. The highest BCUT2D eigenvalue weighted by Gasteiger charge is 2.34. The first kappa shape index (κ1) is 24.5. The Morgan fingerprint density at radius 3 is 2.42 bits per heavy atom. The van der Waals surface area contributed by atoms with Gasteiger partial charge in [-0.3, -0.25) is 10.2 Å². The molecule has 0 saturated carbocycles. The number of carbonyl (C=O) groups is 2. The molecule has 0 spiro atoms. The van der Waals surface area contributed by atoms with Gasteiger partial charge in [-0.25, -0.2) is 4.79 Å². The minimum absolute atomic E-state index is 0.0502. The molecule has 4 rings (SSSR count). The van der Waals surface area contributed by atoms with Gasteiger partial charge in [0.2, 0.25) is 0 Å². The van der Waals surface area contributed by atoms with E-state index < -0.39 is 23.6 Å². The molecule has 3 N–H and O–H groups in total. The lowest BCUT2D eigenvalue weighted by Crippen LogP contribution is -2.28. The van der Waals surface area contributed by atoms with Gasteiger partial charge in [-0.15, -0.1) is 0 Å². The third-order valence-electron chi connectivity index (χ3n) is 5.41.